The molecular formula is C12H8F2N2O4S. The first-order valence-electron chi connectivity index (χ1n) is 5.52. The third-order valence-electron chi connectivity index (χ3n) is 2.49. The zero-order chi connectivity index (χ0) is 15.6. The lowest BCUT2D eigenvalue weighted by Crippen LogP contribution is -2.15. The molecule has 0 bridgehead atoms. The summed E-state index contributed by atoms with van der Waals surface area (Å²) in [5.41, 5.74) is -0.470. The fourth-order valence-corrected chi connectivity index (χ4v) is 2.72. The van der Waals surface area contributed by atoms with Crippen LogP contribution in [0.5, 0.6) is 0 Å². The molecule has 0 heterocycles. The minimum absolute atomic E-state index is 0.132. The number of nitrogens with one attached hydrogen (secondary N) is 1. The van der Waals surface area contributed by atoms with Crippen LogP contribution in [0.15, 0.2) is 47.4 Å². The highest BCUT2D eigenvalue weighted by molar-refractivity contribution is 7.92. The highest BCUT2D eigenvalue weighted by Gasteiger charge is 2.20. The quantitative estimate of drug-likeness (QED) is 0.694. The lowest BCUT2D eigenvalue weighted by Gasteiger charge is -2.08. The van der Waals surface area contributed by atoms with E-state index in [0.717, 1.165) is 12.1 Å². The summed E-state index contributed by atoms with van der Waals surface area (Å²) in [5.74, 6) is -2.05. The first kappa shape index (κ1) is 14.9. The fourth-order valence-electron chi connectivity index (χ4n) is 1.58. The van der Waals surface area contributed by atoms with Crippen LogP contribution in [0.4, 0.5) is 20.2 Å². The molecule has 0 saturated carbocycles. The first-order chi connectivity index (χ1) is 9.79. The minimum Gasteiger partial charge on any atom is -0.279 e. The van der Waals surface area contributed by atoms with E-state index in [4.69, 9.17) is 0 Å². The van der Waals surface area contributed by atoms with Crippen molar-refractivity contribution in [1.29, 1.82) is 0 Å². The zero-order valence-corrected chi connectivity index (χ0v) is 11.1. The summed E-state index contributed by atoms with van der Waals surface area (Å²) in [6, 6.07) is 6.63. The molecule has 0 aliphatic carbocycles. The number of nitro groups is 1. The molecule has 1 N–H and O–H groups in total. The van der Waals surface area contributed by atoms with Crippen LogP contribution in [0.1, 0.15) is 0 Å². The van der Waals surface area contributed by atoms with Crippen LogP contribution in [0.3, 0.4) is 0 Å². The van der Waals surface area contributed by atoms with Crippen LogP contribution in [0, 0.1) is 21.7 Å². The van der Waals surface area contributed by atoms with E-state index in [-0.39, 0.29) is 11.4 Å². The van der Waals surface area contributed by atoms with Gasteiger partial charge in [-0.25, -0.2) is 17.2 Å². The molecular weight excluding hydrogens is 306 g/mol. The first-order valence-corrected chi connectivity index (χ1v) is 7.00. The minimum atomic E-state index is -4.40. The van der Waals surface area contributed by atoms with Gasteiger partial charge < -0.3 is 0 Å². The monoisotopic (exact) mass is 314 g/mol. The Morgan fingerprint density at radius 3 is 2.48 bits per heavy atom. The molecule has 0 unspecified atom stereocenters. The van der Waals surface area contributed by atoms with Crippen LogP contribution >= 0.6 is 0 Å². The molecule has 2 aromatic rings. The van der Waals surface area contributed by atoms with Crippen molar-refractivity contribution >= 4 is 21.4 Å². The van der Waals surface area contributed by atoms with Gasteiger partial charge in [0.05, 0.1) is 10.6 Å². The standard InChI is InChI=1S/C12H8F2N2O4S/c13-8-4-5-11(14)12(6-8)21(19,20)15-9-2-1-3-10(7-9)16(17)18/h1-7,15H. The molecule has 0 aliphatic rings. The van der Waals surface area contributed by atoms with Gasteiger partial charge in [-0.2, -0.15) is 0 Å². The predicted octanol–water partition coefficient (Wildman–Crippen LogP) is 2.67. The largest absolute Gasteiger partial charge is 0.279 e. The van der Waals surface area contributed by atoms with Crippen molar-refractivity contribution in [3.05, 3.63) is 64.2 Å². The Kier molecular flexibility index (Phi) is 3.85. The maximum atomic E-state index is 13.5. The molecule has 21 heavy (non-hydrogen) atoms. The number of benzene rings is 2. The highest BCUT2D eigenvalue weighted by Crippen LogP contribution is 2.22. The van der Waals surface area contributed by atoms with Crippen LogP contribution < -0.4 is 4.72 Å². The van der Waals surface area contributed by atoms with E-state index >= 15 is 0 Å². The second-order valence-corrected chi connectivity index (χ2v) is 5.64. The van der Waals surface area contributed by atoms with Crippen LogP contribution in [-0.2, 0) is 10.0 Å². The van der Waals surface area contributed by atoms with E-state index in [1.165, 1.54) is 18.2 Å². The van der Waals surface area contributed by atoms with Gasteiger partial charge in [-0.15, -0.1) is 0 Å². The number of hydrogen-bond donors (Lipinski definition) is 1. The van der Waals surface area contributed by atoms with Crippen molar-refractivity contribution in [3.8, 4) is 0 Å². The van der Waals surface area contributed by atoms with Crippen molar-refractivity contribution in [3.63, 3.8) is 0 Å². The van der Waals surface area contributed by atoms with E-state index in [1.54, 1.807) is 0 Å². The van der Waals surface area contributed by atoms with E-state index in [1.807, 2.05) is 4.72 Å². The number of nitro benzene ring substituents is 1. The lowest BCUT2D eigenvalue weighted by molar-refractivity contribution is -0.384. The third kappa shape index (κ3) is 3.31. The van der Waals surface area contributed by atoms with Crippen molar-refractivity contribution in [2.45, 2.75) is 4.90 Å². The van der Waals surface area contributed by atoms with E-state index < -0.39 is 31.5 Å². The molecule has 0 amide bonds. The topological polar surface area (TPSA) is 89.3 Å². The smallest absolute Gasteiger partial charge is 0.271 e. The third-order valence-corrected chi connectivity index (χ3v) is 3.89. The average Bonchev–Trinajstić information content (AvgIpc) is 2.41. The number of nitrogens with zero attached hydrogens (tertiary/aromatic N) is 1. The molecule has 0 aromatic heterocycles. The molecule has 2 aromatic carbocycles. The van der Waals surface area contributed by atoms with Gasteiger partial charge >= 0.3 is 0 Å². The Labute approximate surface area is 118 Å². The van der Waals surface area contributed by atoms with Gasteiger partial charge in [0.2, 0.25) is 0 Å². The van der Waals surface area contributed by atoms with Gasteiger partial charge in [-0.1, -0.05) is 6.07 Å². The number of non-ortho nitro benzene ring substituents is 1. The Morgan fingerprint density at radius 2 is 1.81 bits per heavy atom. The van der Waals surface area contributed by atoms with Crippen LogP contribution in [0.2, 0.25) is 0 Å². The van der Waals surface area contributed by atoms with Gasteiger partial charge in [0, 0.05) is 12.1 Å². The molecule has 2 rings (SSSR count). The Bertz CT molecular complexity index is 809. The maximum Gasteiger partial charge on any atom is 0.271 e. The maximum absolute atomic E-state index is 13.5. The molecule has 6 nitrogen and oxygen atoms in total. The summed E-state index contributed by atoms with van der Waals surface area (Å²) >= 11 is 0. The average molecular weight is 314 g/mol. The fraction of sp³-hybridized carbons (Fsp3) is 0. The molecule has 0 spiro atoms. The predicted molar refractivity (Wildman–Crippen MR) is 70.3 cm³/mol. The van der Waals surface area contributed by atoms with Gasteiger partial charge in [0.15, 0.2) is 0 Å². The highest BCUT2D eigenvalue weighted by atomic mass is 32.2. The summed E-state index contributed by atoms with van der Waals surface area (Å²) < 4.78 is 52.4. The number of halogens is 2. The lowest BCUT2D eigenvalue weighted by atomic mass is 10.3. The van der Waals surface area contributed by atoms with Crippen molar-refractivity contribution in [1.82, 2.24) is 0 Å². The Balaban J connectivity index is 2.40. The number of hydrogen-bond acceptors (Lipinski definition) is 4. The van der Waals surface area contributed by atoms with Gasteiger partial charge in [-0.3, -0.25) is 14.8 Å². The Hall–Kier alpha value is -2.55. The number of rotatable bonds is 4. The molecule has 0 radical (unpaired) electrons. The van der Waals surface area contributed by atoms with Gasteiger partial charge in [0.25, 0.3) is 15.7 Å². The van der Waals surface area contributed by atoms with E-state index in [9.17, 15) is 27.3 Å². The molecule has 0 atom stereocenters. The van der Waals surface area contributed by atoms with Crippen LogP contribution in [0.25, 0.3) is 0 Å². The summed E-state index contributed by atoms with van der Waals surface area (Å²) in [5, 5.41) is 10.6. The number of anilines is 1. The molecule has 110 valence electrons. The summed E-state index contributed by atoms with van der Waals surface area (Å²) in [4.78, 5) is 9.02. The molecule has 0 aliphatic heterocycles. The van der Waals surface area contributed by atoms with E-state index in [0.29, 0.717) is 12.1 Å². The van der Waals surface area contributed by atoms with Gasteiger partial charge in [0.1, 0.15) is 16.5 Å². The van der Waals surface area contributed by atoms with Crippen molar-refractivity contribution in [2.24, 2.45) is 0 Å². The summed E-state index contributed by atoms with van der Waals surface area (Å²) in [6.45, 7) is 0. The van der Waals surface area contributed by atoms with Crippen molar-refractivity contribution in [2.75, 3.05) is 4.72 Å². The number of sulfonamides is 1. The summed E-state index contributed by atoms with van der Waals surface area (Å²) in [6.07, 6.45) is 0. The zero-order valence-electron chi connectivity index (χ0n) is 10.3. The second kappa shape index (κ2) is 5.44. The normalized spacial score (nSPS) is 11.1. The van der Waals surface area contributed by atoms with E-state index in [2.05, 4.69) is 0 Å². The SMILES string of the molecule is O=[N+]([O-])c1cccc(NS(=O)(=O)c2cc(F)ccc2F)c1. The van der Waals surface area contributed by atoms with Crippen LogP contribution in [-0.4, -0.2) is 13.3 Å². The van der Waals surface area contributed by atoms with Crippen molar-refractivity contribution < 1.29 is 22.1 Å². The Morgan fingerprint density at radius 1 is 1.10 bits per heavy atom. The van der Waals surface area contributed by atoms with Gasteiger partial charge in [-0.05, 0) is 24.3 Å². The summed E-state index contributed by atoms with van der Waals surface area (Å²) in [7, 11) is -4.40. The molecule has 0 fully saturated rings. The second-order valence-electron chi connectivity index (χ2n) is 3.99. The molecule has 9 heteroatoms. The molecule has 0 saturated heterocycles.